The molecule has 0 bridgehead atoms. The Balaban J connectivity index is 1.69. The highest BCUT2D eigenvalue weighted by atomic mass is 35.5. The zero-order valence-corrected chi connectivity index (χ0v) is 21.1. The Labute approximate surface area is 215 Å². The summed E-state index contributed by atoms with van der Waals surface area (Å²) in [5, 5.41) is 11.9. The van der Waals surface area contributed by atoms with Crippen molar-refractivity contribution in [3.63, 3.8) is 0 Å². The van der Waals surface area contributed by atoms with E-state index in [4.69, 9.17) is 21.1 Å². The molecule has 2 aromatic carbocycles. The molecule has 1 fully saturated rings. The first-order valence-electron chi connectivity index (χ1n) is 11.1. The second kappa shape index (κ2) is 9.07. The third-order valence-corrected chi connectivity index (χ3v) is 7.51. The van der Waals surface area contributed by atoms with Crippen molar-refractivity contribution in [1.82, 2.24) is 4.98 Å². The van der Waals surface area contributed by atoms with E-state index >= 15 is 0 Å². The van der Waals surface area contributed by atoms with Crippen molar-refractivity contribution in [3.8, 4) is 5.75 Å². The SMILES string of the molecule is COC(=O)c1sc(N2C(=O)C(=O)/C(=C(\O)c3ccc4c(c3)CC(C)O4)C2c2cccc(Cl)c2)nc1C. The fourth-order valence-electron chi connectivity index (χ4n) is 4.51. The van der Waals surface area contributed by atoms with Gasteiger partial charge in [-0.15, -0.1) is 0 Å². The molecule has 1 aromatic heterocycles. The quantitative estimate of drug-likeness (QED) is 0.225. The molecule has 10 heteroatoms. The Morgan fingerprint density at radius 2 is 2.03 bits per heavy atom. The average molecular weight is 525 g/mol. The van der Waals surface area contributed by atoms with E-state index in [2.05, 4.69) is 4.98 Å². The number of aliphatic hydroxyl groups excluding tert-OH is 1. The monoisotopic (exact) mass is 524 g/mol. The lowest BCUT2D eigenvalue weighted by Gasteiger charge is -2.23. The van der Waals surface area contributed by atoms with Gasteiger partial charge in [-0.25, -0.2) is 9.78 Å². The number of methoxy groups -OCH3 is 1. The van der Waals surface area contributed by atoms with Gasteiger partial charge in [-0.05, 0) is 55.3 Å². The van der Waals surface area contributed by atoms with Gasteiger partial charge in [0.15, 0.2) is 5.13 Å². The van der Waals surface area contributed by atoms with Gasteiger partial charge in [-0.1, -0.05) is 35.1 Å². The molecule has 184 valence electrons. The van der Waals surface area contributed by atoms with Crippen LogP contribution in [0.15, 0.2) is 48.0 Å². The van der Waals surface area contributed by atoms with Crippen LogP contribution in [0.4, 0.5) is 5.13 Å². The topological polar surface area (TPSA) is 106 Å². The van der Waals surface area contributed by atoms with E-state index < -0.39 is 23.7 Å². The standard InChI is InChI=1S/C26H21ClN2O6S/c1-12-9-16-10-15(7-8-18(16)35-12)21(30)19-20(14-5-4-6-17(27)11-14)29(24(32)22(19)31)26-28-13(2)23(36-26)25(33)34-3/h4-8,10-12,20,30H,9H2,1-3H3/b21-19-. The molecule has 0 spiro atoms. The van der Waals surface area contributed by atoms with Gasteiger partial charge in [-0.2, -0.15) is 0 Å². The molecule has 2 atom stereocenters. The summed E-state index contributed by atoms with van der Waals surface area (Å²) in [5.74, 6) is -1.93. The first-order chi connectivity index (χ1) is 17.2. The summed E-state index contributed by atoms with van der Waals surface area (Å²) in [6.07, 6.45) is 0.670. The number of esters is 1. The Hall–Kier alpha value is -3.69. The molecule has 1 N–H and O–H groups in total. The fraction of sp³-hybridized carbons (Fsp3) is 0.231. The van der Waals surface area contributed by atoms with Gasteiger partial charge >= 0.3 is 11.9 Å². The number of amides is 1. The van der Waals surface area contributed by atoms with Gasteiger partial charge in [0.2, 0.25) is 0 Å². The maximum atomic E-state index is 13.4. The van der Waals surface area contributed by atoms with Crippen LogP contribution in [0.5, 0.6) is 5.75 Å². The van der Waals surface area contributed by atoms with Crippen LogP contribution >= 0.6 is 22.9 Å². The molecule has 3 heterocycles. The molecule has 2 aliphatic rings. The van der Waals surface area contributed by atoms with Gasteiger partial charge < -0.3 is 14.6 Å². The van der Waals surface area contributed by atoms with Crippen molar-refractivity contribution in [2.24, 2.45) is 0 Å². The molecular formula is C26H21ClN2O6S. The Kier molecular flexibility index (Phi) is 6.05. The molecule has 8 nitrogen and oxygen atoms in total. The van der Waals surface area contributed by atoms with E-state index in [0.29, 0.717) is 28.3 Å². The second-order valence-corrected chi connectivity index (χ2v) is 10.00. The van der Waals surface area contributed by atoms with Crippen molar-refractivity contribution in [3.05, 3.63) is 80.3 Å². The first kappa shape index (κ1) is 24.0. The van der Waals surface area contributed by atoms with Crippen LogP contribution in [0, 0.1) is 6.92 Å². The zero-order chi connectivity index (χ0) is 25.7. The predicted molar refractivity (Wildman–Crippen MR) is 135 cm³/mol. The summed E-state index contributed by atoms with van der Waals surface area (Å²) in [5.41, 5.74) is 2.07. The maximum absolute atomic E-state index is 13.4. The summed E-state index contributed by atoms with van der Waals surface area (Å²) in [6, 6.07) is 10.8. The number of aromatic nitrogens is 1. The summed E-state index contributed by atoms with van der Waals surface area (Å²) < 4.78 is 10.6. The van der Waals surface area contributed by atoms with Gasteiger partial charge in [0, 0.05) is 17.0 Å². The molecule has 36 heavy (non-hydrogen) atoms. The van der Waals surface area contributed by atoms with E-state index in [1.54, 1.807) is 49.4 Å². The second-order valence-electron chi connectivity index (χ2n) is 8.58. The summed E-state index contributed by atoms with van der Waals surface area (Å²) in [6.45, 7) is 3.56. The summed E-state index contributed by atoms with van der Waals surface area (Å²) in [4.78, 5) is 44.7. The van der Waals surface area contributed by atoms with Crippen molar-refractivity contribution >= 4 is 51.5 Å². The highest BCUT2D eigenvalue weighted by Crippen LogP contribution is 2.44. The summed E-state index contributed by atoms with van der Waals surface area (Å²) in [7, 11) is 1.25. The molecule has 3 aromatic rings. The number of carbonyl (C=O) groups excluding carboxylic acids is 3. The third-order valence-electron chi connectivity index (χ3n) is 6.14. The minimum Gasteiger partial charge on any atom is -0.507 e. The number of ketones is 1. The number of benzene rings is 2. The van der Waals surface area contributed by atoms with Crippen molar-refractivity contribution in [2.75, 3.05) is 12.0 Å². The Bertz CT molecular complexity index is 1460. The van der Waals surface area contributed by atoms with Crippen LogP contribution in [-0.4, -0.2) is 41.0 Å². The lowest BCUT2D eigenvalue weighted by Crippen LogP contribution is -2.29. The molecule has 0 aliphatic carbocycles. The van der Waals surface area contributed by atoms with Crippen molar-refractivity contribution in [1.29, 1.82) is 0 Å². The van der Waals surface area contributed by atoms with Crippen LogP contribution in [0.2, 0.25) is 5.02 Å². The van der Waals surface area contributed by atoms with Gasteiger partial charge in [0.05, 0.1) is 24.4 Å². The first-order valence-corrected chi connectivity index (χ1v) is 12.3. The molecule has 0 saturated carbocycles. The number of ether oxygens (including phenoxy) is 2. The number of Topliss-reactive ketones (excluding diaryl/α,β-unsaturated/α-hetero) is 1. The average Bonchev–Trinajstić information content (AvgIpc) is 3.50. The number of fused-ring (bicyclic) bond motifs is 1. The zero-order valence-electron chi connectivity index (χ0n) is 19.6. The van der Waals surface area contributed by atoms with Crippen LogP contribution in [-0.2, 0) is 20.7 Å². The predicted octanol–water partition coefficient (Wildman–Crippen LogP) is 4.84. The normalized spacial score (nSPS) is 20.4. The maximum Gasteiger partial charge on any atom is 0.350 e. The number of thiazole rings is 1. The summed E-state index contributed by atoms with van der Waals surface area (Å²) >= 11 is 7.18. The molecular weight excluding hydrogens is 504 g/mol. The molecule has 1 saturated heterocycles. The smallest absolute Gasteiger partial charge is 0.350 e. The lowest BCUT2D eigenvalue weighted by atomic mass is 9.94. The lowest BCUT2D eigenvalue weighted by molar-refractivity contribution is -0.132. The Morgan fingerprint density at radius 1 is 1.25 bits per heavy atom. The molecule has 0 radical (unpaired) electrons. The third kappa shape index (κ3) is 3.94. The molecule has 5 rings (SSSR count). The van der Waals surface area contributed by atoms with E-state index in [-0.39, 0.29) is 27.4 Å². The van der Waals surface area contributed by atoms with Gasteiger partial charge in [-0.3, -0.25) is 14.5 Å². The fourth-order valence-corrected chi connectivity index (χ4v) is 5.72. The molecule has 2 aliphatic heterocycles. The minimum absolute atomic E-state index is 0.00610. The number of rotatable bonds is 4. The van der Waals surface area contributed by atoms with Crippen LogP contribution in [0.3, 0.4) is 0 Å². The van der Waals surface area contributed by atoms with Crippen molar-refractivity contribution in [2.45, 2.75) is 32.4 Å². The van der Waals surface area contributed by atoms with Crippen LogP contribution < -0.4 is 9.64 Å². The number of halogens is 1. The Morgan fingerprint density at radius 3 is 2.75 bits per heavy atom. The highest BCUT2D eigenvalue weighted by Gasteiger charge is 2.48. The largest absolute Gasteiger partial charge is 0.507 e. The van der Waals surface area contributed by atoms with Gasteiger partial charge in [0.1, 0.15) is 22.5 Å². The number of hydrogen-bond acceptors (Lipinski definition) is 8. The number of hydrogen-bond donors (Lipinski definition) is 1. The number of nitrogens with zero attached hydrogens (tertiary/aromatic N) is 2. The highest BCUT2D eigenvalue weighted by molar-refractivity contribution is 7.17. The molecule has 1 amide bonds. The number of carbonyl (C=O) groups is 3. The van der Waals surface area contributed by atoms with E-state index in [0.717, 1.165) is 22.6 Å². The van der Waals surface area contributed by atoms with E-state index in [9.17, 15) is 19.5 Å². The number of anilines is 1. The minimum atomic E-state index is -1.01. The van der Waals surface area contributed by atoms with Crippen molar-refractivity contribution < 1.29 is 29.0 Å². The number of aliphatic hydroxyl groups is 1. The van der Waals surface area contributed by atoms with Crippen LogP contribution in [0.1, 0.15) is 45.0 Å². The molecule has 2 unspecified atom stereocenters. The van der Waals surface area contributed by atoms with Crippen LogP contribution in [0.25, 0.3) is 5.76 Å². The number of aryl methyl sites for hydroxylation is 1. The van der Waals surface area contributed by atoms with Gasteiger partial charge in [0.25, 0.3) is 5.78 Å². The van der Waals surface area contributed by atoms with E-state index in [1.807, 2.05) is 6.92 Å². The van der Waals surface area contributed by atoms with E-state index in [1.165, 1.54) is 12.0 Å².